The Bertz CT molecular complexity index is 1010. The fraction of sp³-hybridized carbons (Fsp3) is 0.0556. The van der Waals surface area contributed by atoms with Gasteiger partial charge in [-0.15, -0.1) is 0 Å². The van der Waals surface area contributed by atoms with Gasteiger partial charge in [-0.1, -0.05) is 0 Å². The van der Waals surface area contributed by atoms with Gasteiger partial charge >= 0.3 is 0 Å². The number of hydrogen-bond acceptors (Lipinski definition) is 4. The third kappa shape index (κ3) is 2.38. The number of nitrogens with zero attached hydrogens (tertiary/aromatic N) is 4. The largest absolute Gasteiger partial charge is 0.481 e. The average Bonchev–Trinajstić information content (AvgIpc) is 3.02. The third-order valence-corrected chi connectivity index (χ3v) is 3.73. The molecule has 6 heteroatoms. The van der Waals surface area contributed by atoms with Crippen molar-refractivity contribution in [3.63, 3.8) is 0 Å². The van der Waals surface area contributed by atoms with Crippen LogP contribution < -0.4 is 4.74 Å². The van der Waals surface area contributed by atoms with Crippen molar-refractivity contribution in [3.8, 4) is 28.4 Å². The average molecular weight is 320 g/mol. The fourth-order valence-corrected chi connectivity index (χ4v) is 2.63. The Hall–Kier alpha value is -3.28. The number of imidazole rings is 1. The molecule has 3 heterocycles. The van der Waals surface area contributed by atoms with Crippen molar-refractivity contribution in [3.05, 3.63) is 66.7 Å². The van der Waals surface area contributed by atoms with Crippen LogP contribution in [-0.4, -0.2) is 26.7 Å². The van der Waals surface area contributed by atoms with Crippen molar-refractivity contribution >= 4 is 5.65 Å². The van der Waals surface area contributed by atoms with Crippen molar-refractivity contribution in [1.82, 2.24) is 19.6 Å². The number of methoxy groups -OCH3 is 1. The number of halogens is 1. The molecule has 0 saturated heterocycles. The van der Waals surface area contributed by atoms with Crippen molar-refractivity contribution in [2.75, 3.05) is 7.11 Å². The molecule has 0 aliphatic heterocycles. The Balaban J connectivity index is 2.01. The molecule has 3 aromatic heterocycles. The molecule has 5 nitrogen and oxygen atoms in total. The maximum Gasteiger partial charge on any atom is 0.213 e. The summed E-state index contributed by atoms with van der Waals surface area (Å²) in [5.74, 6) is 0.219. The van der Waals surface area contributed by atoms with E-state index in [2.05, 4.69) is 15.1 Å². The van der Waals surface area contributed by atoms with Crippen LogP contribution in [-0.2, 0) is 0 Å². The maximum absolute atomic E-state index is 13.3. The topological polar surface area (TPSA) is 52.3 Å². The molecule has 0 aliphatic rings. The van der Waals surface area contributed by atoms with Gasteiger partial charge in [-0.3, -0.25) is 0 Å². The first kappa shape index (κ1) is 14.3. The summed E-state index contributed by atoms with van der Waals surface area (Å²) in [6, 6.07) is 13.7. The molecule has 0 bridgehead atoms. The zero-order chi connectivity index (χ0) is 16.5. The summed E-state index contributed by atoms with van der Waals surface area (Å²) in [5, 5.41) is 4.40. The first-order valence-corrected chi connectivity index (χ1v) is 7.36. The molecule has 0 amide bonds. The van der Waals surface area contributed by atoms with Crippen LogP contribution in [0.5, 0.6) is 5.88 Å². The molecule has 4 rings (SSSR count). The molecule has 0 unspecified atom stereocenters. The van der Waals surface area contributed by atoms with Gasteiger partial charge in [0, 0.05) is 29.6 Å². The van der Waals surface area contributed by atoms with Crippen LogP contribution in [0.1, 0.15) is 0 Å². The van der Waals surface area contributed by atoms with E-state index in [1.165, 1.54) is 12.1 Å². The molecule has 118 valence electrons. The second-order valence-electron chi connectivity index (χ2n) is 5.20. The summed E-state index contributed by atoms with van der Waals surface area (Å²) in [7, 11) is 1.57. The van der Waals surface area contributed by atoms with Crippen LogP contribution in [0.15, 0.2) is 60.9 Å². The second kappa shape index (κ2) is 5.73. The van der Waals surface area contributed by atoms with Crippen LogP contribution in [0.25, 0.3) is 28.2 Å². The van der Waals surface area contributed by atoms with E-state index in [1.54, 1.807) is 36.2 Å². The normalized spacial score (nSPS) is 10.9. The molecular formula is C18H13FN4O. The first-order valence-electron chi connectivity index (χ1n) is 7.36. The van der Waals surface area contributed by atoms with E-state index >= 15 is 0 Å². The number of pyridine rings is 1. The van der Waals surface area contributed by atoms with E-state index < -0.39 is 0 Å². The zero-order valence-corrected chi connectivity index (χ0v) is 12.8. The van der Waals surface area contributed by atoms with E-state index in [9.17, 15) is 4.39 Å². The molecule has 0 N–H and O–H groups in total. The van der Waals surface area contributed by atoms with Gasteiger partial charge in [-0.05, 0) is 42.5 Å². The molecule has 0 fully saturated rings. The van der Waals surface area contributed by atoms with Crippen molar-refractivity contribution in [1.29, 1.82) is 0 Å². The van der Waals surface area contributed by atoms with Gasteiger partial charge in [0.2, 0.25) is 5.88 Å². The summed E-state index contributed by atoms with van der Waals surface area (Å²) in [6.07, 6.45) is 3.37. The molecule has 1 aromatic carbocycles. The van der Waals surface area contributed by atoms with Gasteiger partial charge in [0.15, 0.2) is 5.65 Å². The van der Waals surface area contributed by atoms with Crippen LogP contribution in [0.2, 0.25) is 0 Å². The van der Waals surface area contributed by atoms with Crippen molar-refractivity contribution in [2.24, 2.45) is 0 Å². The van der Waals surface area contributed by atoms with E-state index in [-0.39, 0.29) is 5.82 Å². The van der Waals surface area contributed by atoms with Crippen LogP contribution in [0.4, 0.5) is 4.39 Å². The quantitative estimate of drug-likeness (QED) is 0.579. The molecule has 0 aliphatic carbocycles. The molecule has 0 saturated carbocycles. The van der Waals surface area contributed by atoms with Gasteiger partial charge < -0.3 is 4.74 Å². The van der Waals surface area contributed by atoms with E-state index in [0.29, 0.717) is 11.5 Å². The van der Waals surface area contributed by atoms with E-state index in [4.69, 9.17) is 4.74 Å². The lowest BCUT2D eigenvalue weighted by atomic mass is 10.1. The molecule has 0 radical (unpaired) electrons. The lowest BCUT2D eigenvalue weighted by Crippen LogP contribution is -1.95. The van der Waals surface area contributed by atoms with Crippen LogP contribution in [0.3, 0.4) is 0 Å². The minimum atomic E-state index is -0.284. The van der Waals surface area contributed by atoms with Crippen LogP contribution >= 0.6 is 0 Å². The van der Waals surface area contributed by atoms with Gasteiger partial charge in [0.25, 0.3) is 0 Å². The Morgan fingerprint density at radius 1 is 1.00 bits per heavy atom. The lowest BCUT2D eigenvalue weighted by Gasteiger charge is -2.06. The minimum Gasteiger partial charge on any atom is -0.481 e. The zero-order valence-electron chi connectivity index (χ0n) is 12.8. The van der Waals surface area contributed by atoms with E-state index in [1.807, 2.05) is 24.3 Å². The molecule has 4 aromatic rings. The number of rotatable bonds is 3. The Kier molecular flexibility index (Phi) is 3.42. The number of benzene rings is 1. The maximum atomic E-state index is 13.3. The Morgan fingerprint density at radius 2 is 1.83 bits per heavy atom. The predicted octanol–water partition coefficient (Wildman–Crippen LogP) is 3.61. The Morgan fingerprint density at radius 3 is 2.62 bits per heavy atom. The third-order valence-electron chi connectivity index (χ3n) is 3.73. The summed E-state index contributed by atoms with van der Waals surface area (Å²) in [4.78, 5) is 8.80. The highest BCUT2D eigenvalue weighted by Crippen LogP contribution is 2.33. The van der Waals surface area contributed by atoms with Gasteiger partial charge in [0.1, 0.15) is 11.5 Å². The number of fused-ring (bicyclic) bond motifs is 1. The molecular weight excluding hydrogens is 307 g/mol. The SMILES string of the molecule is COc1cc(-c2c(-c3ccc(F)cc3)nc3cccnn23)ccn1. The number of aromatic nitrogens is 4. The molecule has 0 spiro atoms. The second-order valence-corrected chi connectivity index (χ2v) is 5.20. The standard InChI is InChI=1S/C18H13FN4O/c1-24-16-11-13(8-10-20-16)18-17(12-4-6-14(19)7-5-12)22-15-3-2-9-21-23(15)18/h2-11H,1H3. The fourth-order valence-electron chi connectivity index (χ4n) is 2.63. The highest BCUT2D eigenvalue weighted by molar-refractivity contribution is 5.81. The Labute approximate surface area is 137 Å². The number of hydrogen-bond donors (Lipinski definition) is 0. The van der Waals surface area contributed by atoms with Crippen molar-refractivity contribution in [2.45, 2.75) is 0 Å². The number of ether oxygens (including phenoxy) is 1. The summed E-state index contributed by atoms with van der Waals surface area (Å²) in [6.45, 7) is 0. The summed E-state index contributed by atoms with van der Waals surface area (Å²) in [5.41, 5.74) is 3.92. The smallest absolute Gasteiger partial charge is 0.213 e. The molecule has 0 atom stereocenters. The van der Waals surface area contributed by atoms with Gasteiger partial charge in [-0.25, -0.2) is 18.9 Å². The highest BCUT2D eigenvalue weighted by atomic mass is 19.1. The monoisotopic (exact) mass is 320 g/mol. The first-order chi connectivity index (χ1) is 11.8. The van der Waals surface area contributed by atoms with Crippen molar-refractivity contribution < 1.29 is 9.13 Å². The van der Waals surface area contributed by atoms with Gasteiger partial charge in [0.05, 0.1) is 12.8 Å². The predicted molar refractivity (Wildman–Crippen MR) is 88.2 cm³/mol. The highest BCUT2D eigenvalue weighted by Gasteiger charge is 2.17. The van der Waals surface area contributed by atoms with E-state index in [0.717, 1.165) is 22.5 Å². The summed E-state index contributed by atoms with van der Waals surface area (Å²) >= 11 is 0. The van der Waals surface area contributed by atoms with Gasteiger partial charge in [-0.2, -0.15) is 5.10 Å². The van der Waals surface area contributed by atoms with Crippen LogP contribution in [0, 0.1) is 5.82 Å². The molecule has 24 heavy (non-hydrogen) atoms. The summed E-state index contributed by atoms with van der Waals surface area (Å²) < 4.78 is 20.2. The minimum absolute atomic E-state index is 0.284. The lowest BCUT2D eigenvalue weighted by molar-refractivity contribution is 0.398.